The molecular formula is C23H28N6O2. The van der Waals surface area contributed by atoms with E-state index in [0.29, 0.717) is 24.2 Å². The van der Waals surface area contributed by atoms with Gasteiger partial charge in [0.2, 0.25) is 0 Å². The molecule has 8 heteroatoms. The van der Waals surface area contributed by atoms with Crippen molar-refractivity contribution < 1.29 is 9.59 Å². The van der Waals surface area contributed by atoms with E-state index in [9.17, 15) is 9.59 Å². The van der Waals surface area contributed by atoms with Crippen molar-refractivity contribution in [3.05, 3.63) is 41.2 Å². The summed E-state index contributed by atoms with van der Waals surface area (Å²) < 4.78 is 1.87. The quantitative estimate of drug-likeness (QED) is 0.685. The highest BCUT2D eigenvalue weighted by atomic mass is 16.2. The van der Waals surface area contributed by atoms with Crippen molar-refractivity contribution in [3.8, 4) is 0 Å². The molecule has 0 unspecified atom stereocenters. The van der Waals surface area contributed by atoms with Crippen LogP contribution in [0.15, 0.2) is 24.4 Å². The van der Waals surface area contributed by atoms with Crippen LogP contribution in [-0.2, 0) is 6.42 Å². The van der Waals surface area contributed by atoms with Gasteiger partial charge in [-0.05, 0) is 56.7 Å². The summed E-state index contributed by atoms with van der Waals surface area (Å²) in [4.78, 5) is 28.6. The Morgan fingerprint density at radius 2 is 1.94 bits per heavy atom. The van der Waals surface area contributed by atoms with Gasteiger partial charge in [-0.3, -0.25) is 19.4 Å². The normalized spacial score (nSPS) is 19.9. The molecule has 2 aliphatic rings. The van der Waals surface area contributed by atoms with E-state index in [0.717, 1.165) is 36.0 Å². The van der Waals surface area contributed by atoms with Gasteiger partial charge < -0.3 is 4.90 Å². The molecule has 0 atom stereocenters. The molecule has 0 bridgehead atoms. The van der Waals surface area contributed by atoms with Gasteiger partial charge in [0, 0.05) is 35.7 Å². The lowest BCUT2D eigenvalue weighted by atomic mass is 9.53. The molecule has 31 heavy (non-hydrogen) atoms. The highest BCUT2D eigenvalue weighted by Crippen LogP contribution is 2.54. The van der Waals surface area contributed by atoms with Crippen molar-refractivity contribution in [1.29, 1.82) is 0 Å². The number of nitrogens with one attached hydrogen (secondary N) is 1. The lowest BCUT2D eigenvalue weighted by Gasteiger charge is -2.53. The Labute approximate surface area is 181 Å². The van der Waals surface area contributed by atoms with Crippen LogP contribution in [0.3, 0.4) is 0 Å². The molecule has 1 amide bonds. The van der Waals surface area contributed by atoms with Gasteiger partial charge >= 0.3 is 0 Å². The van der Waals surface area contributed by atoms with Crippen molar-refractivity contribution >= 4 is 22.7 Å². The van der Waals surface area contributed by atoms with Crippen LogP contribution in [-0.4, -0.2) is 54.9 Å². The molecule has 1 N–H and O–H groups in total. The molecule has 3 aromatic rings. The molecule has 8 nitrogen and oxygen atoms in total. The van der Waals surface area contributed by atoms with Crippen LogP contribution in [0.5, 0.6) is 0 Å². The van der Waals surface area contributed by atoms with E-state index in [2.05, 4.69) is 48.2 Å². The number of nitrogens with zero attached hydrogens (tertiary/aromatic N) is 5. The molecule has 1 aliphatic heterocycles. The highest BCUT2D eigenvalue weighted by molar-refractivity contribution is 6.02. The van der Waals surface area contributed by atoms with Gasteiger partial charge in [0.05, 0.1) is 11.7 Å². The first-order valence-corrected chi connectivity index (χ1v) is 10.9. The van der Waals surface area contributed by atoms with Gasteiger partial charge in [-0.15, -0.1) is 5.10 Å². The van der Waals surface area contributed by atoms with E-state index >= 15 is 0 Å². The van der Waals surface area contributed by atoms with Gasteiger partial charge in [0.15, 0.2) is 5.78 Å². The fourth-order valence-electron chi connectivity index (χ4n) is 5.39. The third-order valence-corrected chi connectivity index (χ3v) is 7.58. The molecule has 0 radical (unpaired) electrons. The smallest absolute Gasteiger partial charge is 0.253 e. The number of likely N-dealkylation sites (tertiary alicyclic amines) is 1. The van der Waals surface area contributed by atoms with Crippen LogP contribution in [0.25, 0.3) is 11.0 Å². The molecule has 1 aromatic carbocycles. The zero-order chi connectivity index (χ0) is 22.0. The number of hydrogen-bond acceptors (Lipinski definition) is 5. The van der Waals surface area contributed by atoms with Crippen molar-refractivity contribution in [2.45, 2.75) is 53.0 Å². The zero-order valence-corrected chi connectivity index (χ0v) is 18.5. The Morgan fingerprint density at radius 3 is 2.65 bits per heavy atom. The summed E-state index contributed by atoms with van der Waals surface area (Å²) in [6.45, 7) is 9.54. The second kappa shape index (κ2) is 6.73. The summed E-state index contributed by atoms with van der Waals surface area (Å²) in [5.41, 5.74) is 3.29. The lowest BCUT2D eigenvalue weighted by Crippen LogP contribution is -2.55. The number of hydrogen-bond donors (Lipinski definition) is 1. The first-order valence-electron chi connectivity index (χ1n) is 10.9. The number of ketones is 1. The molecular weight excluding hydrogens is 392 g/mol. The highest BCUT2D eigenvalue weighted by Gasteiger charge is 2.55. The Morgan fingerprint density at radius 1 is 1.19 bits per heavy atom. The summed E-state index contributed by atoms with van der Waals surface area (Å²) in [5, 5.41) is 15.1. The summed E-state index contributed by atoms with van der Waals surface area (Å²) >= 11 is 0. The van der Waals surface area contributed by atoms with Crippen LogP contribution in [0.2, 0.25) is 0 Å². The van der Waals surface area contributed by atoms with Crippen molar-refractivity contribution in [1.82, 2.24) is 30.1 Å². The second-order valence-electron chi connectivity index (χ2n) is 9.80. The number of aromatic nitrogens is 5. The van der Waals surface area contributed by atoms with E-state index in [1.807, 2.05) is 27.9 Å². The summed E-state index contributed by atoms with van der Waals surface area (Å²) in [6.07, 6.45) is 4.31. The average Bonchev–Trinajstić information content (AvgIpc) is 3.38. The Hall–Kier alpha value is -3.03. The van der Waals surface area contributed by atoms with Crippen LogP contribution < -0.4 is 0 Å². The SMILES string of the molecule is CC(C)n1ncc2c1C(=O)C(C)(C)C1(CCN(C(=O)c3ccc4[nH]nnc4c3)CC1)C2. The number of carbonyl (C=O) groups excluding carboxylic acids is 2. The number of piperidine rings is 1. The standard InChI is InChI=1S/C23H28N6O2/c1-14(2)29-19-16(13-24-29)12-23(22(3,4)20(19)30)7-9-28(10-8-23)21(31)15-5-6-17-18(11-15)26-27-25-17/h5-6,11,13-14H,7-10,12H2,1-4H3,(H,25,26,27). The number of carbonyl (C=O) groups is 2. The first-order chi connectivity index (χ1) is 14.7. The molecule has 1 aliphatic carbocycles. The van der Waals surface area contributed by atoms with Gasteiger partial charge in [-0.25, -0.2) is 0 Å². The minimum Gasteiger partial charge on any atom is -0.339 e. The van der Waals surface area contributed by atoms with Crippen LogP contribution in [0.4, 0.5) is 0 Å². The van der Waals surface area contributed by atoms with Crippen molar-refractivity contribution in [2.75, 3.05) is 13.1 Å². The van der Waals surface area contributed by atoms with Gasteiger partial charge in [0.1, 0.15) is 11.2 Å². The maximum absolute atomic E-state index is 13.6. The number of Topliss-reactive ketones (excluding diaryl/α,β-unsaturated/α-hetero) is 1. The lowest BCUT2D eigenvalue weighted by molar-refractivity contribution is -0.000861. The summed E-state index contributed by atoms with van der Waals surface area (Å²) in [7, 11) is 0. The van der Waals surface area contributed by atoms with E-state index < -0.39 is 5.41 Å². The number of benzene rings is 1. The predicted octanol–water partition coefficient (Wildman–Crippen LogP) is 3.42. The Kier molecular flexibility index (Phi) is 4.32. The molecule has 1 spiro atoms. The van der Waals surface area contributed by atoms with E-state index in [4.69, 9.17) is 0 Å². The molecule has 0 saturated carbocycles. The topological polar surface area (TPSA) is 96.8 Å². The molecule has 1 fully saturated rings. The first kappa shape index (κ1) is 19.9. The minimum absolute atomic E-state index is 0.00742. The summed E-state index contributed by atoms with van der Waals surface area (Å²) in [6, 6.07) is 5.59. The fraction of sp³-hybridized carbons (Fsp3) is 0.522. The van der Waals surface area contributed by atoms with E-state index in [1.54, 1.807) is 6.07 Å². The van der Waals surface area contributed by atoms with Crippen LogP contribution in [0, 0.1) is 10.8 Å². The maximum Gasteiger partial charge on any atom is 0.253 e. The van der Waals surface area contributed by atoms with Crippen molar-refractivity contribution in [3.63, 3.8) is 0 Å². The molecule has 1 saturated heterocycles. The maximum atomic E-state index is 13.6. The molecule has 2 aromatic heterocycles. The zero-order valence-electron chi connectivity index (χ0n) is 18.5. The van der Waals surface area contributed by atoms with Crippen molar-refractivity contribution in [2.24, 2.45) is 10.8 Å². The Bertz CT molecular complexity index is 1180. The van der Waals surface area contributed by atoms with Gasteiger partial charge in [-0.2, -0.15) is 5.10 Å². The molecule has 5 rings (SSSR count). The van der Waals surface area contributed by atoms with E-state index in [-0.39, 0.29) is 23.1 Å². The third kappa shape index (κ3) is 2.84. The number of rotatable bonds is 2. The number of aromatic amines is 1. The second-order valence-corrected chi connectivity index (χ2v) is 9.80. The Balaban J connectivity index is 1.39. The predicted molar refractivity (Wildman–Crippen MR) is 116 cm³/mol. The molecule has 3 heterocycles. The summed E-state index contributed by atoms with van der Waals surface area (Å²) in [5.74, 6) is 0.184. The average molecular weight is 421 g/mol. The van der Waals surface area contributed by atoms with Gasteiger partial charge in [-0.1, -0.05) is 19.1 Å². The number of amides is 1. The van der Waals surface area contributed by atoms with Crippen LogP contribution in [0.1, 0.15) is 73.0 Å². The van der Waals surface area contributed by atoms with Gasteiger partial charge in [0.25, 0.3) is 5.91 Å². The van der Waals surface area contributed by atoms with Crippen LogP contribution >= 0.6 is 0 Å². The largest absolute Gasteiger partial charge is 0.339 e. The monoisotopic (exact) mass is 420 g/mol. The minimum atomic E-state index is -0.499. The van der Waals surface area contributed by atoms with E-state index in [1.165, 1.54) is 0 Å². The fourth-order valence-corrected chi connectivity index (χ4v) is 5.39. The number of fused-ring (bicyclic) bond motifs is 2. The number of H-pyrrole nitrogens is 1. The molecule has 162 valence electrons. The third-order valence-electron chi connectivity index (χ3n) is 7.58.